The Morgan fingerprint density at radius 2 is 2.07 bits per heavy atom. The van der Waals surface area contributed by atoms with Crippen molar-refractivity contribution in [2.24, 2.45) is 10.9 Å². The molecule has 14 heavy (non-hydrogen) atoms. The SMILES string of the molecule is CC(N)Cc1cccc(S(N)(=O)=O)c1. The summed E-state index contributed by atoms with van der Waals surface area (Å²) >= 11 is 0. The monoisotopic (exact) mass is 214 g/mol. The minimum atomic E-state index is -3.60. The molecule has 0 amide bonds. The van der Waals surface area contributed by atoms with Gasteiger partial charge in [-0.15, -0.1) is 0 Å². The molecular formula is C9H14N2O2S. The van der Waals surface area contributed by atoms with Crippen molar-refractivity contribution in [3.8, 4) is 0 Å². The second-order valence-corrected chi connectivity index (χ2v) is 4.94. The lowest BCUT2D eigenvalue weighted by Crippen LogP contribution is -2.18. The molecule has 1 aromatic carbocycles. The molecule has 4 nitrogen and oxygen atoms in total. The molecule has 0 spiro atoms. The third-order valence-corrected chi connectivity index (χ3v) is 2.70. The van der Waals surface area contributed by atoms with E-state index in [-0.39, 0.29) is 10.9 Å². The Labute approximate surface area is 84.0 Å². The second-order valence-electron chi connectivity index (χ2n) is 3.37. The van der Waals surface area contributed by atoms with Crippen molar-refractivity contribution in [1.82, 2.24) is 0 Å². The highest BCUT2D eigenvalue weighted by atomic mass is 32.2. The lowest BCUT2D eigenvalue weighted by atomic mass is 10.1. The predicted molar refractivity (Wildman–Crippen MR) is 55.2 cm³/mol. The maximum absolute atomic E-state index is 11.0. The van der Waals surface area contributed by atoms with Crippen LogP contribution in [0.1, 0.15) is 12.5 Å². The molecule has 1 aromatic rings. The first-order chi connectivity index (χ1) is 6.39. The summed E-state index contributed by atoms with van der Waals surface area (Å²) in [5.74, 6) is 0. The summed E-state index contributed by atoms with van der Waals surface area (Å²) in [6.45, 7) is 1.86. The first kappa shape index (κ1) is 11.2. The van der Waals surface area contributed by atoms with Gasteiger partial charge in [0.1, 0.15) is 0 Å². The van der Waals surface area contributed by atoms with E-state index in [1.807, 2.05) is 13.0 Å². The Balaban J connectivity index is 3.02. The quantitative estimate of drug-likeness (QED) is 0.754. The fourth-order valence-corrected chi connectivity index (χ4v) is 1.81. The summed E-state index contributed by atoms with van der Waals surface area (Å²) in [6.07, 6.45) is 0.642. The molecule has 0 aliphatic rings. The molecule has 78 valence electrons. The first-order valence-corrected chi connectivity index (χ1v) is 5.81. The van der Waals surface area contributed by atoms with E-state index in [2.05, 4.69) is 0 Å². The van der Waals surface area contributed by atoms with Gasteiger partial charge in [-0.3, -0.25) is 0 Å². The molecule has 0 saturated heterocycles. The zero-order valence-electron chi connectivity index (χ0n) is 7.97. The molecule has 1 rings (SSSR count). The lowest BCUT2D eigenvalue weighted by Gasteiger charge is -2.06. The molecule has 0 aliphatic heterocycles. The minimum Gasteiger partial charge on any atom is -0.328 e. The number of benzene rings is 1. The predicted octanol–water partition coefficient (Wildman–Crippen LogP) is 0.224. The third kappa shape index (κ3) is 3.10. The van der Waals surface area contributed by atoms with Crippen molar-refractivity contribution in [2.45, 2.75) is 24.3 Å². The molecule has 4 N–H and O–H groups in total. The fraction of sp³-hybridized carbons (Fsp3) is 0.333. The van der Waals surface area contributed by atoms with Gasteiger partial charge in [-0.2, -0.15) is 0 Å². The molecule has 0 radical (unpaired) electrons. The van der Waals surface area contributed by atoms with E-state index in [9.17, 15) is 8.42 Å². The van der Waals surface area contributed by atoms with Crippen LogP contribution in [-0.2, 0) is 16.4 Å². The summed E-state index contributed by atoms with van der Waals surface area (Å²) in [7, 11) is -3.60. The Kier molecular flexibility index (Phi) is 3.25. The van der Waals surface area contributed by atoms with Gasteiger partial charge in [-0.05, 0) is 31.0 Å². The highest BCUT2D eigenvalue weighted by Crippen LogP contribution is 2.10. The average Bonchev–Trinajstić information content (AvgIpc) is 2.01. The third-order valence-electron chi connectivity index (χ3n) is 1.78. The van der Waals surface area contributed by atoms with Crippen molar-refractivity contribution in [1.29, 1.82) is 0 Å². The van der Waals surface area contributed by atoms with Crippen LogP contribution in [0, 0.1) is 0 Å². The van der Waals surface area contributed by atoms with Crippen molar-refractivity contribution < 1.29 is 8.42 Å². The van der Waals surface area contributed by atoms with Crippen molar-refractivity contribution >= 4 is 10.0 Å². The number of rotatable bonds is 3. The van der Waals surface area contributed by atoms with Crippen molar-refractivity contribution in [3.05, 3.63) is 29.8 Å². The number of primary sulfonamides is 1. The molecule has 0 saturated carbocycles. The van der Waals surface area contributed by atoms with Gasteiger partial charge in [-0.25, -0.2) is 13.6 Å². The molecule has 0 fully saturated rings. The summed E-state index contributed by atoms with van der Waals surface area (Å²) in [4.78, 5) is 0.135. The Morgan fingerprint density at radius 3 is 2.57 bits per heavy atom. The Morgan fingerprint density at radius 1 is 1.43 bits per heavy atom. The van der Waals surface area contributed by atoms with E-state index < -0.39 is 10.0 Å². The van der Waals surface area contributed by atoms with Gasteiger partial charge in [0.25, 0.3) is 0 Å². The van der Waals surface area contributed by atoms with E-state index in [0.29, 0.717) is 6.42 Å². The van der Waals surface area contributed by atoms with Gasteiger partial charge in [0.2, 0.25) is 10.0 Å². The maximum Gasteiger partial charge on any atom is 0.238 e. The van der Waals surface area contributed by atoms with Gasteiger partial charge < -0.3 is 5.73 Å². The zero-order chi connectivity index (χ0) is 10.8. The first-order valence-electron chi connectivity index (χ1n) is 4.27. The molecular weight excluding hydrogens is 200 g/mol. The lowest BCUT2D eigenvalue weighted by molar-refractivity contribution is 0.597. The minimum absolute atomic E-state index is 0.00530. The van der Waals surface area contributed by atoms with E-state index in [4.69, 9.17) is 10.9 Å². The highest BCUT2D eigenvalue weighted by molar-refractivity contribution is 7.89. The van der Waals surface area contributed by atoms with E-state index in [0.717, 1.165) is 5.56 Å². The van der Waals surface area contributed by atoms with Crippen molar-refractivity contribution in [3.63, 3.8) is 0 Å². The zero-order valence-corrected chi connectivity index (χ0v) is 8.79. The normalized spacial score (nSPS) is 13.9. The molecule has 1 atom stereocenters. The summed E-state index contributed by atoms with van der Waals surface area (Å²) < 4.78 is 22.0. The molecule has 1 unspecified atom stereocenters. The van der Waals surface area contributed by atoms with Gasteiger partial charge in [0, 0.05) is 6.04 Å². The Hall–Kier alpha value is -0.910. The van der Waals surface area contributed by atoms with Crippen LogP contribution < -0.4 is 10.9 Å². The standard InChI is InChI=1S/C9H14N2O2S/c1-7(10)5-8-3-2-4-9(6-8)14(11,12)13/h2-4,6-7H,5,10H2,1H3,(H2,11,12,13). The summed E-state index contributed by atoms with van der Waals surface area (Å²) in [5.41, 5.74) is 6.48. The van der Waals surface area contributed by atoms with Crippen LogP contribution in [0.4, 0.5) is 0 Å². The van der Waals surface area contributed by atoms with Gasteiger partial charge >= 0.3 is 0 Å². The number of hydrogen-bond acceptors (Lipinski definition) is 3. The molecule has 0 aliphatic carbocycles. The fourth-order valence-electron chi connectivity index (χ4n) is 1.22. The van der Waals surface area contributed by atoms with Crippen LogP contribution in [0.3, 0.4) is 0 Å². The molecule has 0 bridgehead atoms. The van der Waals surface area contributed by atoms with E-state index in [1.54, 1.807) is 12.1 Å². The topological polar surface area (TPSA) is 86.2 Å². The molecule has 5 heteroatoms. The van der Waals surface area contributed by atoms with Crippen LogP contribution in [-0.4, -0.2) is 14.5 Å². The summed E-state index contributed by atoms with van der Waals surface area (Å²) in [6, 6.07) is 6.53. The largest absolute Gasteiger partial charge is 0.328 e. The number of nitrogens with two attached hydrogens (primary N) is 2. The second kappa shape index (κ2) is 4.08. The van der Waals surface area contributed by atoms with Crippen LogP contribution in [0.15, 0.2) is 29.2 Å². The molecule has 0 heterocycles. The molecule has 0 aromatic heterocycles. The van der Waals surface area contributed by atoms with Crippen LogP contribution in [0.5, 0.6) is 0 Å². The van der Waals surface area contributed by atoms with Crippen molar-refractivity contribution in [2.75, 3.05) is 0 Å². The van der Waals surface area contributed by atoms with E-state index in [1.165, 1.54) is 6.07 Å². The highest BCUT2D eigenvalue weighted by Gasteiger charge is 2.08. The summed E-state index contributed by atoms with van der Waals surface area (Å²) in [5, 5.41) is 5.00. The number of hydrogen-bond donors (Lipinski definition) is 2. The average molecular weight is 214 g/mol. The van der Waals surface area contributed by atoms with Gasteiger partial charge in [0.15, 0.2) is 0 Å². The Bertz CT molecular complexity index is 413. The van der Waals surface area contributed by atoms with E-state index >= 15 is 0 Å². The van der Waals surface area contributed by atoms with Crippen LogP contribution >= 0.6 is 0 Å². The van der Waals surface area contributed by atoms with Crippen LogP contribution in [0.25, 0.3) is 0 Å². The van der Waals surface area contributed by atoms with Gasteiger partial charge in [0.05, 0.1) is 4.90 Å². The maximum atomic E-state index is 11.0. The number of sulfonamides is 1. The van der Waals surface area contributed by atoms with Crippen LogP contribution in [0.2, 0.25) is 0 Å². The smallest absolute Gasteiger partial charge is 0.238 e. The van der Waals surface area contributed by atoms with Gasteiger partial charge in [-0.1, -0.05) is 12.1 Å².